The molecule has 1 heterocycles. The number of aryl methyl sites for hydroxylation is 2. The van der Waals surface area contributed by atoms with Gasteiger partial charge in [0.05, 0.1) is 5.57 Å². The van der Waals surface area contributed by atoms with Crippen LogP contribution < -0.4 is 4.74 Å². The molecule has 1 aliphatic heterocycles. The van der Waals surface area contributed by atoms with Gasteiger partial charge in [-0.1, -0.05) is 12.1 Å². The highest BCUT2D eigenvalue weighted by Gasteiger charge is 2.18. The standard InChI is InChI=1S/C12H12O3/c1-7-3-4-8(2)11-10(7)5-9(6-15-11)12(13)14/h3-5H,6H2,1-2H3,(H,13,14). The van der Waals surface area contributed by atoms with E-state index in [1.165, 1.54) is 0 Å². The van der Waals surface area contributed by atoms with Gasteiger partial charge in [0.2, 0.25) is 0 Å². The van der Waals surface area contributed by atoms with Gasteiger partial charge in [0.25, 0.3) is 0 Å². The summed E-state index contributed by atoms with van der Waals surface area (Å²) in [6.45, 7) is 4.05. The second-order valence-corrected chi connectivity index (χ2v) is 3.71. The normalized spacial score (nSPS) is 13.9. The molecular formula is C12H12O3. The van der Waals surface area contributed by atoms with E-state index in [0.29, 0.717) is 5.57 Å². The molecule has 2 rings (SSSR count). The van der Waals surface area contributed by atoms with Crippen molar-refractivity contribution < 1.29 is 14.6 Å². The molecule has 3 nitrogen and oxygen atoms in total. The topological polar surface area (TPSA) is 46.5 Å². The van der Waals surface area contributed by atoms with Gasteiger partial charge < -0.3 is 9.84 Å². The van der Waals surface area contributed by atoms with Crippen LogP contribution >= 0.6 is 0 Å². The third-order valence-electron chi connectivity index (χ3n) is 2.58. The number of carbonyl (C=O) groups is 1. The number of ether oxygens (including phenoxy) is 1. The van der Waals surface area contributed by atoms with Crippen LogP contribution in [0.15, 0.2) is 17.7 Å². The molecule has 1 aromatic carbocycles. The van der Waals surface area contributed by atoms with E-state index < -0.39 is 5.97 Å². The van der Waals surface area contributed by atoms with Gasteiger partial charge in [-0.2, -0.15) is 0 Å². The van der Waals surface area contributed by atoms with Gasteiger partial charge >= 0.3 is 5.97 Å². The molecular weight excluding hydrogens is 192 g/mol. The van der Waals surface area contributed by atoms with Crippen molar-refractivity contribution in [3.63, 3.8) is 0 Å². The minimum atomic E-state index is -0.915. The number of carboxylic acid groups (broad SMARTS) is 1. The highest BCUT2D eigenvalue weighted by molar-refractivity contribution is 5.94. The molecule has 0 amide bonds. The molecule has 0 fully saturated rings. The maximum absolute atomic E-state index is 10.8. The van der Waals surface area contributed by atoms with Crippen LogP contribution in [-0.4, -0.2) is 17.7 Å². The van der Waals surface area contributed by atoms with E-state index in [9.17, 15) is 4.79 Å². The van der Waals surface area contributed by atoms with Gasteiger partial charge in [0.15, 0.2) is 0 Å². The third kappa shape index (κ3) is 1.61. The monoisotopic (exact) mass is 204 g/mol. The Labute approximate surface area is 88.0 Å². The Morgan fingerprint density at radius 1 is 1.33 bits per heavy atom. The molecule has 0 saturated heterocycles. The van der Waals surface area contributed by atoms with Gasteiger partial charge in [-0.05, 0) is 31.1 Å². The first kappa shape index (κ1) is 9.77. The van der Waals surface area contributed by atoms with Gasteiger partial charge in [0, 0.05) is 5.56 Å². The molecule has 1 aromatic rings. The minimum Gasteiger partial charge on any atom is -0.488 e. The molecule has 0 spiro atoms. The molecule has 3 heteroatoms. The van der Waals surface area contributed by atoms with Crippen molar-refractivity contribution in [1.29, 1.82) is 0 Å². The molecule has 0 unspecified atom stereocenters. The fraction of sp³-hybridized carbons (Fsp3) is 0.250. The van der Waals surface area contributed by atoms with E-state index in [2.05, 4.69) is 0 Å². The number of aliphatic carboxylic acids is 1. The van der Waals surface area contributed by atoms with Crippen molar-refractivity contribution >= 4 is 12.0 Å². The van der Waals surface area contributed by atoms with Crippen LogP contribution in [0.5, 0.6) is 5.75 Å². The van der Waals surface area contributed by atoms with Crippen LogP contribution in [0.4, 0.5) is 0 Å². The summed E-state index contributed by atoms with van der Waals surface area (Å²) < 4.78 is 5.46. The molecule has 15 heavy (non-hydrogen) atoms. The quantitative estimate of drug-likeness (QED) is 0.762. The van der Waals surface area contributed by atoms with E-state index in [0.717, 1.165) is 22.4 Å². The number of rotatable bonds is 1. The summed E-state index contributed by atoms with van der Waals surface area (Å²) >= 11 is 0. The van der Waals surface area contributed by atoms with Crippen molar-refractivity contribution in [2.45, 2.75) is 13.8 Å². The van der Waals surface area contributed by atoms with Crippen LogP contribution in [0.1, 0.15) is 16.7 Å². The molecule has 78 valence electrons. The lowest BCUT2D eigenvalue weighted by atomic mass is 9.99. The Hall–Kier alpha value is -1.77. The fourth-order valence-corrected chi connectivity index (χ4v) is 1.67. The first-order valence-corrected chi connectivity index (χ1v) is 4.76. The predicted octanol–water partition coefficient (Wildman–Crippen LogP) is 2.16. The van der Waals surface area contributed by atoms with Crippen LogP contribution in [0, 0.1) is 13.8 Å². The Morgan fingerprint density at radius 3 is 2.67 bits per heavy atom. The summed E-state index contributed by atoms with van der Waals surface area (Å²) in [6.07, 6.45) is 1.70. The number of hydrogen-bond acceptors (Lipinski definition) is 2. The van der Waals surface area contributed by atoms with E-state index in [1.807, 2.05) is 26.0 Å². The number of fused-ring (bicyclic) bond motifs is 1. The van der Waals surface area contributed by atoms with E-state index >= 15 is 0 Å². The summed E-state index contributed by atoms with van der Waals surface area (Å²) in [4.78, 5) is 10.8. The van der Waals surface area contributed by atoms with Gasteiger partial charge in [-0.15, -0.1) is 0 Å². The van der Waals surface area contributed by atoms with Crippen molar-refractivity contribution in [2.24, 2.45) is 0 Å². The maximum atomic E-state index is 10.8. The summed E-state index contributed by atoms with van der Waals surface area (Å²) in [5, 5.41) is 8.88. The van der Waals surface area contributed by atoms with Crippen molar-refractivity contribution in [1.82, 2.24) is 0 Å². The predicted molar refractivity (Wildman–Crippen MR) is 57.0 cm³/mol. The summed E-state index contributed by atoms with van der Waals surface area (Å²) in [7, 11) is 0. The molecule has 0 atom stereocenters. The lowest BCUT2D eigenvalue weighted by molar-refractivity contribution is -0.132. The Balaban J connectivity index is 2.59. The third-order valence-corrected chi connectivity index (χ3v) is 2.58. The van der Waals surface area contributed by atoms with Gasteiger partial charge in [0.1, 0.15) is 12.4 Å². The first-order valence-electron chi connectivity index (χ1n) is 4.76. The van der Waals surface area contributed by atoms with Gasteiger partial charge in [-0.25, -0.2) is 4.79 Å². The first-order chi connectivity index (χ1) is 7.09. The molecule has 0 aromatic heterocycles. The number of carboxylic acids is 1. The largest absolute Gasteiger partial charge is 0.488 e. The number of hydrogen-bond donors (Lipinski definition) is 1. The summed E-state index contributed by atoms with van der Waals surface area (Å²) in [5.74, 6) is -0.110. The summed E-state index contributed by atoms with van der Waals surface area (Å²) in [5.41, 5.74) is 3.26. The zero-order chi connectivity index (χ0) is 11.0. The lowest BCUT2D eigenvalue weighted by Crippen LogP contribution is -2.15. The smallest absolute Gasteiger partial charge is 0.335 e. The Bertz CT molecular complexity index is 458. The molecule has 0 radical (unpaired) electrons. The number of benzene rings is 1. The SMILES string of the molecule is Cc1ccc(C)c2c1C=C(C(=O)O)CO2. The molecule has 0 bridgehead atoms. The lowest BCUT2D eigenvalue weighted by Gasteiger charge is -2.19. The molecule has 1 N–H and O–H groups in total. The van der Waals surface area contributed by atoms with Crippen molar-refractivity contribution in [2.75, 3.05) is 6.61 Å². The van der Waals surface area contributed by atoms with Crippen LogP contribution in [0.3, 0.4) is 0 Å². The second kappa shape index (κ2) is 3.42. The summed E-state index contributed by atoms with van der Waals surface area (Å²) in [6, 6.07) is 3.95. The van der Waals surface area contributed by atoms with Gasteiger partial charge in [-0.3, -0.25) is 0 Å². The molecule has 0 aliphatic carbocycles. The zero-order valence-electron chi connectivity index (χ0n) is 8.70. The van der Waals surface area contributed by atoms with E-state index in [4.69, 9.17) is 9.84 Å². The molecule has 0 saturated carbocycles. The van der Waals surface area contributed by atoms with Crippen molar-refractivity contribution in [3.05, 3.63) is 34.4 Å². The Kier molecular flexibility index (Phi) is 2.23. The Morgan fingerprint density at radius 2 is 2.00 bits per heavy atom. The van der Waals surface area contributed by atoms with E-state index in [1.54, 1.807) is 6.08 Å². The second-order valence-electron chi connectivity index (χ2n) is 3.71. The maximum Gasteiger partial charge on any atom is 0.335 e. The van der Waals surface area contributed by atoms with E-state index in [-0.39, 0.29) is 6.61 Å². The van der Waals surface area contributed by atoms with Crippen LogP contribution in [-0.2, 0) is 4.79 Å². The minimum absolute atomic E-state index is 0.145. The van der Waals surface area contributed by atoms with Crippen molar-refractivity contribution in [3.8, 4) is 5.75 Å². The fourth-order valence-electron chi connectivity index (χ4n) is 1.67. The highest BCUT2D eigenvalue weighted by Crippen LogP contribution is 2.32. The average molecular weight is 204 g/mol. The molecule has 1 aliphatic rings. The van der Waals surface area contributed by atoms with Crippen LogP contribution in [0.25, 0.3) is 6.08 Å². The highest BCUT2D eigenvalue weighted by atomic mass is 16.5. The zero-order valence-corrected chi connectivity index (χ0v) is 8.70. The average Bonchev–Trinajstić information content (AvgIpc) is 2.23. The van der Waals surface area contributed by atoms with Crippen LogP contribution in [0.2, 0.25) is 0 Å².